The van der Waals surface area contributed by atoms with Crippen molar-refractivity contribution in [3.8, 4) is 27.6 Å². The highest BCUT2D eigenvalue weighted by molar-refractivity contribution is 7.13. The Labute approximate surface area is 158 Å². The number of thiophene rings is 1. The number of hydrogen-bond acceptors (Lipinski definition) is 5. The van der Waals surface area contributed by atoms with Crippen LogP contribution < -0.4 is 4.74 Å². The van der Waals surface area contributed by atoms with Crippen molar-refractivity contribution in [1.29, 1.82) is 0 Å². The van der Waals surface area contributed by atoms with E-state index in [0.717, 1.165) is 47.2 Å². The van der Waals surface area contributed by atoms with Crippen LogP contribution in [0.4, 0.5) is 0 Å². The Kier molecular flexibility index (Phi) is 5.57. The van der Waals surface area contributed by atoms with Crippen molar-refractivity contribution in [1.82, 2.24) is 15.1 Å². The van der Waals surface area contributed by atoms with Gasteiger partial charge in [-0.1, -0.05) is 6.07 Å². The minimum absolute atomic E-state index is 0.769. The van der Waals surface area contributed by atoms with Crippen LogP contribution in [0.3, 0.4) is 0 Å². The molecule has 4 nitrogen and oxygen atoms in total. The topological polar surface area (TPSA) is 38.2 Å². The van der Waals surface area contributed by atoms with E-state index >= 15 is 0 Å². The average Bonchev–Trinajstić information content (AvgIpc) is 3.40. The molecule has 0 radical (unpaired) electrons. The van der Waals surface area contributed by atoms with Crippen LogP contribution >= 0.6 is 11.3 Å². The molecule has 0 N–H and O–H groups in total. The smallest absolute Gasteiger partial charge is 0.119 e. The summed E-state index contributed by atoms with van der Waals surface area (Å²) in [5.74, 6) is 0.915. The van der Waals surface area contributed by atoms with E-state index in [1.165, 1.54) is 25.9 Å². The zero-order chi connectivity index (χ0) is 17.6. The molecule has 0 amide bonds. The first-order valence-corrected chi connectivity index (χ1v) is 10.1. The normalized spacial score (nSPS) is 14.6. The summed E-state index contributed by atoms with van der Waals surface area (Å²) in [6, 6.07) is 16.3. The number of aromatic nitrogens is 2. The second kappa shape index (κ2) is 8.43. The van der Waals surface area contributed by atoms with Crippen molar-refractivity contribution >= 4 is 11.3 Å². The first kappa shape index (κ1) is 17.2. The maximum absolute atomic E-state index is 5.86. The van der Waals surface area contributed by atoms with Gasteiger partial charge >= 0.3 is 0 Å². The summed E-state index contributed by atoms with van der Waals surface area (Å²) < 4.78 is 5.86. The molecule has 5 heteroatoms. The number of benzene rings is 1. The van der Waals surface area contributed by atoms with Gasteiger partial charge in [0.05, 0.1) is 17.2 Å². The molecule has 0 unspecified atom stereocenters. The number of nitrogens with zero attached hydrogens (tertiary/aromatic N) is 3. The molecule has 1 fully saturated rings. The SMILES string of the molecule is c1csc(-c2ccc(-c3ccc(OCCCN4CCCC4)cc3)nn2)c1. The van der Waals surface area contributed by atoms with Crippen LogP contribution in [0.2, 0.25) is 0 Å². The molecule has 3 heterocycles. The van der Waals surface area contributed by atoms with Gasteiger partial charge in [-0.15, -0.1) is 21.5 Å². The van der Waals surface area contributed by atoms with Crippen LogP contribution in [-0.2, 0) is 0 Å². The van der Waals surface area contributed by atoms with Crippen molar-refractivity contribution in [3.05, 3.63) is 53.9 Å². The van der Waals surface area contributed by atoms with E-state index in [0.29, 0.717) is 0 Å². The summed E-state index contributed by atoms with van der Waals surface area (Å²) >= 11 is 1.67. The van der Waals surface area contributed by atoms with E-state index < -0.39 is 0 Å². The van der Waals surface area contributed by atoms with Gasteiger partial charge in [-0.25, -0.2) is 0 Å². The van der Waals surface area contributed by atoms with Crippen molar-refractivity contribution in [3.63, 3.8) is 0 Å². The molecule has 0 atom stereocenters. The fraction of sp³-hybridized carbons (Fsp3) is 0.333. The van der Waals surface area contributed by atoms with Gasteiger partial charge in [0.15, 0.2) is 0 Å². The van der Waals surface area contributed by atoms with E-state index in [-0.39, 0.29) is 0 Å². The fourth-order valence-electron chi connectivity index (χ4n) is 3.25. The lowest BCUT2D eigenvalue weighted by Gasteiger charge is -2.14. The molecule has 1 saturated heterocycles. The van der Waals surface area contributed by atoms with Crippen molar-refractivity contribution in [2.75, 3.05) is 26.2 Å². The molecule has 0 aliphatic carbocycles. The Hall–Kier alpha value is -2.24. The highest BCUT2D eigenvalue weighted by Gasteiger charge is 2.10. The Morgan fingerprint density at radius 2 is 1.69 bits per heavy atom. The lowest BCUT2D eigenvalue weighted by molar-refractivity contribution is 0.263. The Morgan fingerprint density at radius 3 is 2.38 bits per heavy atom. The molecule has 0 spiro atoms. The third-order valence-electron chi connectivity index (χ3n) is 4.67. The van der Waals surface area contributed by atoms with Crippen molar-refractivity contribution < 1.29 is 4.74 Å². The van der Waals surface area contributed by atoms with Crippen LogP contribution in [0.1, 0.15) is 19.3 Å². The van der Waals surface area contributed by atoms with Gasteiger partial charge in [-0.05, 0) is 80.2 Å². The van der Waals surface area contributed by atoms with Crippen LogP contribution in [-0.4, -0.2) is 41.3 Å². The first-order chi connectivity index (χ1) is 12.9. The Bertz CT molecular complexity index is 794. The largest absolute Gasteiger partial charge is 0.494 e. The zero-order valence-corrected chi connectivity index (χ0v) is 15.6. The van der Waals surface area contributed by atoms with E-state index in [1.807, 2.05) is 42.5 Å². The van der Waals surface area contributed by atoms with Crippen molar-refractivity contribution in [2.45, 2.75) is 19.3 Å². The summed E-state index contributed by atoms with van der Waals surface area (Å²) in [6.45, 7) is 4.41. The van der Waals surface area contributed by atoms with Crippen LogP contribution in [0.25, 0.3) is 21.8 Å². The van der Waals surface area contributed by atoms with E-state index in [1.54, 1.807) is 11.3 Å². The number of likely N-dealkylation sites (tertiary alicyclic amines) is 1. The third-order valence-corrected chi connectivity index (χ3v) is 5.57. The van der Waals surface area contributed by atoms with Gasteiger partial charge in [0.25, 0.3) is 0 Å². The van der Waals surface area contributed by atoms with Crippen LogP contribution in [0.15, 0.2) is 53.9 Å². The van der Waals surface area contributed by atoms with Gasteiger partial charge in [-0.2, -0.15) is 0 Å². The standard InChI is InChI=1S/C21H23N3OS/c1-2-13-24(12-1)14-4-15-25-18-8-6-17(7-9-18)19-10-11-20(23-22-19)21-5-3-16-26-21/h3,5-11,16H,1-2,4,12-15H2. The summed E-state index contributed by atoms with van der Waals surface area (Å²) in [4.78, 5) is 3.66. The first-order valence-electron chi connectivity index (χ1n) is 9.22. The molecule has 0 saturated carbocycles. The molecule has 1 aliphatic heterocycles. The highest BCUT2D eigenvalue weighted by atomic mass is 32.1. The summed E-state index contributed by atoms with van der Waals surface area (Å²) in [6.07, 6.45) is 3.77. The molecule has 26 heavy (non-hydrogen) atoms. The minimum Gasteiger partial charge on any atom is -0.494 e. The second-order valence-electron chi connectivity index (χ2n) is 6.56. The maximum atomic E-state index is 5.86. The minimum atomic E-state index is 0.769. The van der Waals surface area contributed by atoms with Crippen LogP contribution in [0, 0.1) is 0 Å². The predicted molar refractivity (Wildman–Crippen MR) is 107 cm³/mol. The molecule has 3 aromatic rings. The highest BCUT2D eigenvalue weighted by Crippen LogP contribution is 2.25. The fourth-order valence-corrected chi connectivity index (χ4v) is 3.94. The number of hydrogen-bond donors (Lipinski definition) is 0. The van der Waals surface area contributed by atoms with Gasteiger partial charge in [0.1, 0.15) is 11.4 Å². The molecule has 134 valence electrons. The van der Waals surface area contributed by atoms with Gasteiger partial charge in [0, 0.05) is 12.1 Å². The van der Waals surface area contributed by atoms with E-state index in [4.69, 9.17) is 4.74 Å². The van der Waals surface area contributed by atoms with E-state index in [2.05, 4.69) is 26.5 Å². The molecule has 0 bridgehead atoms. The number of rotatable bonds is 7. The predicted octanol–water partition coefficient (Wildman–Crippen LogP) is 4.74. The zero-order valence-electron chi connectivity index (χ0n) is 14.8. The van der Waals surface area contributed by atoms with Crippen LogP contribution in [0.5, 0.6) is 5.75 Å². The molecule has 1 aliphatic rings. The van der Waals surface area contributed by atoms with E-state index in [9.17, 15) is 0 Å². The summed E-state index contributed by atoms with van der Waals surface area (Å²) in [5.41, 5.74) is 2.85. The second-order valence-corrected chi connectivity index (χ2v) is 7.50. The Morgan fingerprint density at radius 1 is 0.923 bits per heavy atom. The van der Waals surface area contributed by atoms with Gasteiger partial charge in [-0.3, -0.25) is 0 Å². The molecular formula is C21H23N3OS. The molecule has 1 aromatic carbocycles. The van der Waals surface area contributed by atoms with Crippen molar-refractivity contribution in [2.24, 2.45) is 0 Å². The molecular weight excluding hydrogens is 342 g/mol. The average molecular weight is 366 g/mol. The molecule has 2 aromatic heterocycles. The Balaban J connectivity index is 1.30. The third kappa shape index (κ3) is 4.29. The van der Waals surface area contributed by atoms with Gasteiger partial charge < -0.3 is 9.64 Å². The maximum Gasteiger partial charge on any atom is 0.119 e. The number of ether oxygens (including phenoxy) is 1. The monoisotopic (exact) mass is 365 g/mol. The van der Waals surface area contributed by atoms with Gasteiger partial charge in [0.2, 0.25) is 0 Å². The lowest BCUT2D eigenvalue weighted by Crippen LogP contribution is -2.21. The lowest BCUT2D eigenvalue weighted by atomic mass is 10.1. The summed E-state index contributed by atoms with van der Waals surface area (Å²) in [5, 5.41) is 10.8. The quantitative estimate of drug-likeness (QED) is 0.567. The summed E-state index contributed by atoms with van der Waals surface area (Å²) in [7, 11) is 0. The molecule has 4 rings (SSSR count).